The monoisotopic (exact) mass is 780 g/mol. The number of para-hydroxylation sites is 4. The summed E-state index contributed by atoms with van der Waals surface area (Å²) in [5.41, 5.74) is 12.2. The van der Waals surface area contributed by atoms with Crippen LogP contribution in [0.1, 0.15) is 11.1 Å². The molecule has 8 aromatic rings. The maximum absolute atomic E-state index is 9.69. The van der Waals surface area contributed by atoms with Gasteiger partial charge in [0.05, 0.1) is 5.69 Å². The molecular formula is C55H36N6. The first kappa shape index (κ1) is 38.9. The molecule has 0 amide bonds. The van der Waals surface area contributed by atoms with Crippen molar-refractivity contribution in [2.75, 3.05) is 9.80 Å². The largest absolute Gasteiger partial charge is 0.311 e. The highest BCUT2D eigenvalue weighted by molar-refractivity contribution is 5.89. The molecule has 0 atom stereocenters. The molecule has 0 heterocycles. The van der Waals surface area contributed by atoms with E-state index >= 15 is 0 Å². The minimum Gasteiger partial charge on any atom is -0.311 e. The van der Waals surface area contributed by atoms with Gasteiger partial charge in [0.25, 0.3) is 0 Å². The van der Waals surface area contributed by atoms with Crippen LogP contribution in [0.15, 0.2) is 206 Å². The molecule has 0 unspecified atom stereocenters. The van der Waals surface area contributed by atoms with Gasteiger partial charge < -0.3 is 9.80 Å². The average Bonchev–Trinajstić information content (AvgIpc) is 3.33. The smallest absolute Gasteiger partial charge is 0.137 e. The van der Waals surface area contributed by atoms with Gasteiger partial charge in [-0.05, 0) is 107 Å². The summed E-state index contributed by atoms with van der Waals surface area (Å²) in [5.74, 6) is 0. The third-order valence-corrected chi connectivity index (χ3v) is 10.5. The maximum atomic E-state index is 9.69. The highest BCUT2D eigenvalue weighted by atomic mass is 15.1. The molecule has 0 fully saturated rings. The van der Waals surface area contributed by atoms with Crippen LogP contribution in [-0.2, 0) is 6.42 Å². The molecule has 286 valence electrons. The molecular weight excluding hydrogens is 745 g/mol. The molecule has 0 saturated carbocycles. The van der Waals surface area contributed by atoms with Crippen molar-refractivity contribution in [2.45, 2.75) is 6.42 Å². The Kier molecular flexibility index (Phi) is 11.6. The van der Waals surface area contributed by atoms with E-state index in [-0.39, 0.29) is 11.1 Å². The molecule has 0 spiro atoms. The predicted octanol–water partition coefficient (Wildman–Crippen LogP) is 11.9. The van der Waals surface area contributed by atoms with Crippen LogP contribution in [-0.4, -0.2) is 0 Å². The van der Waals surface area contributed by atoms with Crippen molar-refractivity contribution >= 4 is 45.3 Å². The normalized spacial score (nSPS) is 10.3. The van der Waals surface area contributed by atoms with Gasteiger partial charge in [-0.1, -0.05) is 133 Å². The second-order valence-electron chi connectivity index (χ2n) is 14.2. The number of rotatable bonds is 10. The van der Waals surface area contributed by atoms with Crippen molar-refractivity contribution in [2.24, 2.45) is 0 Å². The van der Waals surface area contributed by atoms with Gasteiger partial charge in [0.15, 0.2) is 0 Å². The highest BCUT2D eigenvalue weighted by Gasteiger charge is 2.18. The summed E-state index contributed by atoms with van der Waals surface area (Å²) in [6, 6.07) is 77.8. The number of hydrogen-bond donors (Lipinski definition) is 0. The van der Waals surface area contributed by atoms with E-state index < -0.39 is 0 Å². The Bertz CT molecular complexity index is 3040. The predicted molar refractivity (Wildman–Crippen MR) is 244 cm³/mol. The topological polar surface area (TPSA) is 102 Å². The second-order valence-corrected chi connectivity index (χ2v) is 14.2. The molecule has 61 heavy (non-hydrogen) atoms. The molecule has 0 bridgehead atoms. The first-order chi connectivity index (χ1) is 30.1. The van der Waals surface area contributed by atoms with Crippen molar-refractivity contribution in [3.63, 3.8) is 0 Å². The van der Waals surface area contributed by atoms with Crippen molar-refractivity contribution in [1.29, 1.82) is 21.0 Å². The second kappa shape index (κ2) is 18.1. The summed E-state index contributed by atoms with van der Waals surface area (Å²) in [4.78, 5) is 4.50. The van der Waals surface area contributed by atoms with Gasteiger partial charge in [-0.3, -0.25) is 0 Å². The molecule has 0 aliphatic carbocycles. The van der Waals surface area contributed by atoms with Gasteiger partial charge >= 0.3 is 0 Å². The molecule has 0 radical (unpaired) electrons. The van der Waals surface area contributed by atoms with Gasteiger partial charge in [0, 0.05) is 44.4 Å². The standard InChI is InChI=1S/C55H36N6/c56-36-46(37-57)44-28-33-53(47(38-58)39-59)45(35-44)34-40-20-29-52(30-21-40)61(50-16-8-3-9-17-50)55-19-11-10-18-54(55)43-24-22-41(23-25-43)42-26-31-51(32-27-42)60(48-12-4-1-5-13-48)49-14-6-2-7-15-49/h1-33,35H,34H2. The van der Waals surface area contributed by atoms with Gasteiger partial charge in [-0.25, -0.2) is 0 Å². The molecule has 6 heteroatoms. The Balaban J connectivity index is 1.11. The van der Waals surface area contributed by atoms with Crippen LogP contribution in [0.2, 0.25) is 0 Å². The third-order valence-electron chi connectivity index (χ3n) is 10.5. The van der Waals surface area contributed by atoms with Crippen LogP contribution in [0, 0.1) is 45.3 Å². The number of nitrogens with zero attached hydrogens (tertiary/aromatic N) is 6. The van der Waals surface area contributed by atoms with Gasteiger partial charge in [0.1, 0.15) is 35.4 Å². The van der Waals surface area contributed by atoms with Crippen LogP contribution in [0.4, 0.5) is 34.1 Å². The first-order valence-corrected chi connectivity index (χ1v) is 19.7. The van der Waals surface area contributed by atoms with Crippen LogP contribution >= 0.6 is 0 Å². The zero-order valence-corrected chi connectivity index (χ0v) is 33.0. The van der Waals surface area contributed by atoms with E-state index in [4.69, 9.17) is 0 Å². The average molecular weight is 781 g/mol. The number of nitriles is 4. The summed E-state index contributed by atoms with van der Waals surface area (Å²) >= 11 is 0. The van der Waals surface area contributed by atoms with Crippen LogP contribution in [0.25, 0.3) is 33.4 Å². The van der Waals surface area contributed by atoms with E-state index in [0.29, 0.717) is 22.4 Å². The van der Waals surface area contributed by atoms with Gasteiger partial charge in [0.2, 0.25) is 0 Å². The van der Waals surface area contributed by atoms with Crippen LogP contribution < -0.4 is 20.2 Å². The fraction of sp³-hybridized carbons (Fsp3) is 0.0182. The summed E-state index contributed by atoms with van der Waals surface area (Å²) < 4.78 is 0. The van der Waals surface area contributed by atoms with Gasteiger partial charge in [-0.2, -0.15) is 21.0 Å². The molecule has 0 aliphatic heterocycles. The zero-order chi connectivity index (χ0) is 42.0. The molecule has 0 aliphatic rings. The molecule has 6 nitrogen and oxygen atoms in total. The van der Waals surface area contributed by atoms with Crippen molar-refractivity contribution < 1.29 is 0 Å². The molecule has 0 saturated heterocycles. The third kappa shape index (κ3) is 8.39. The lowest BCUT2D eigenvalue weighted by Crippen LogP contribution is -2.19. The highest BCUT2D eigenvalue weighted by Crippen LogP contribution is 2.41. The summed E-state index contributed by atoms with van der Waals surface area (Å²) in [6.45, 7) is 0. The van der Waals surface area contributed by atoms with Crippen molar-refractivity contribution in [1.82, 2.24) is 0 Å². The molecule has 0 aromatic heterocycles. The lowest BCUT2D eigenvalue weighted by molar-refractivity contribution is 1.16. The Labute approximate surface area is 355 Å². The van der Waals surface area contributed by atoms with Gasteiger partial charge in [-0.15, -0.1) is 0 Å². The number of anilines is 6. The molecule has 0 N–H and O–H groups in total. The quantitative estimate of drug-likeness (QED) is 0.137. The van der Waals surface area contributed by atoms with Crippen LogP contribution in [0.5, 0.6) is 0 Å². The van der Waals surface area contributed by atoms with Crippen molar-refractivity contribution in [3.05, 3.63) is 228 Å². The van der Waals surface area contributed by atoms with E-state index in [0.717, 1.165) is 61.9 Å². The van der Waals surface area contributed by atoms with E-state index in [1.807, 2.05) is 72.8 Å². The van der Waals surface area contributed by atoms with E-state index in [1.54, 1.807) is 18.2 Å². The lowest BCUT2D eigenvalue weighted by Gasteiger charge is -2.28. The Morgan fingerprint density at radius 1 is 0.377 bits per heavy atom. The minimum absolute atomic E-state index is 0.0274. The Morgan fingerprint density at radius 2 is 0.803 bits per heavy atom. The maximum Gasteiger partial charge on any atom is 0.137 e. The van der Waals surface area contributed by atoms with E-state index in [2.05, 4.69) is 149 Å². The lowest BCUT2D eigenvalue weighted by atomic mass is 9.97. The van der Waals surface area contributed by atoms with E-state index in [9.17, 15) is 21.0 Å². The Morgan fingerprint density at radius 3 is 1.34 bits per heavy atom. The first-order valence-electron chi connectivity index (χ1n) is 19.7. The minimum atomic E-state index is -0.0332. The SMILES string of the molecule is N#CC(C#N)=c1ccc(=C(C#N)C#N)c(Cc2ccc(N(c3ccccc3)c3ccccc3-c3ccc(-c4ccc(N(c5ccccc5)c5ccccc5)cc4)cc3)cc2)c1. The molecule has 8 aromatic carbocycles. The summed E-state index contributed by atoms with van der Waals surface area (Å²) in [7, 11) is 0. The summed E-state index contributed by atoms with van der Waals surface area (Å²) in [6.07, 6.45) is 0.385. The Hall–Kier alpha value is -8.94. The van der Waals surface area contributed by atoms with E-state index in [1.165, 1.54) is 0 Å². The fourth-order valence-electron chi connectivity index (χ4n) is 7.59. The van der Waals surface area contributed by atoms with Crippen molar-refractivity contribution in [3.8, 4) is 46.5 Å². The fourth-order valence-corrected chi connectivity index (χ4v) is 7.59. The number of hydrogen-bond acceptors (Lipinski definition) is 6. The summed E-state index contributed by atoms with van der Waals surface area (Å²) in [5, 5.41) is 39.3. The number of benzene rings is 8. The van der Waals surface area contributed by atoms with Crippen LogP contribution in [0.3, 0.4) is 0 Å². The molecule has 8 rings (SSSR count). The zero-order valence-electron chi connectivity index (χ0n) is 33.0.